The number of aliphatic carboxylic acids is 1. The predicted molar refractivity (Wildman–Crippen MR) is 168 cm³/mol. The van der Waals surface area contributed by atoms with E-state index in [-0.39, 0.29) is 45.0 Å². The first-order chi connectivity index (χ1) is 19.6. The molecule has 0 aromatic carbocycles. The SMILES string of the molecule is C=CCSC[C@H](NC(=O)[C@]1(C)CC[C@]2(C)CC[C@]3(C)C4=CC=C5C(=CC(=O)C(O)=C5C)[C@]4(C)CC[C@@]3(C)C2C1)C(=O)O. The molecule has 3 saturated carbocycles. The number of hydrogen-bond donors (Lipinski definition) is 3. The van der Waals surface area contributed by atoms with Gasteiger partial charge in [0, 0.05) is 27.9 Å². The zero-order valence-electron chi connectivity index (χ0n) is 26.1. The Balaban J connectivity index is 1.48. The molecule has 6 nitrogen and oxygen atoms in total. The zero-order chi connectivity index (χ0) is 30.9. The van der Waals surface area contributed by atoms with Gasteiger partial charge in [-0.05, 0) is 91.3 Å². The molecule has 0 spiro atoms. The van der Waals surface area contributed by atoms with Crippen LogP contribution in [0.2, 0.25) is 0 Å². The van der Waals surface area contributed by atoms with Gasteiger partial charge in [-0.25, -0.2) is 4.79 Å². The molecule has 0 aliphatic heterocycles. The fourth-order valence-corrected chi connectivity index (χ4v) is 10.2. The molecule has 228 valence electrons. The molecule has 3 N–H and O–H groups in total. The van der Waals surface area contributed by atoms with E-state index < -0.39 is 17.4 Å². The minimum Gasteiger partial charge on any atom is -0.504 e. The summed E-state index contributed by atoms with van der Waals surface area (Å²) in [7, 11) is 0. The number of aliphatic hydroxyl groups excluding tert-OH is 1. The molecule has 0 bridgehead atoms. The minimum absolute atomic E-state index is 0.0725. The highest BCUT2D eigenvalue weighted by molar-refractivity contribution is 7.99. The van der Waals surface area contributed by atoms with Gasteiger partial charge in [0.25, 0.3) is 0 Å². The molecule has 0 heterocycles. The Kier molecular flexibility index (Phi) is 7.56. The number of carbonyl (C=O) groups is 3. The van der Waals surface area contributed by atoms with Gasteiger partial charge in [0.1, 0.15) is 6.04 Å². The van der Waals surface area contributed by atoms with Crippen molar-refractivity contribution in [3.05, 3.63) is 58.9 Å². The van der Waals surface area contributed by atoms with Gasteiger partial charge in [0.15, 0.2) is 5.76 Å². The average molecular weight is 594 g/mol. The third kappa shape index (κ3) is 4.39. The normalized spacial score (nSPS) is 39.8. The highest BCUT2D eigenvalue weighted by Crippen LogP contribution is 2.75. The van der Waals surface area contributed by atoms with Crippen LogP contribution in [0.15, 0.2) is 58.9 Å². The molecule has 0 saturated heterocycles. The van der Waals surface area contributed by atoms with E-state index in [0.717, 1.165) is 56.1 Å². The molecule has 42 heavy (non-hydrogen) atoms. The lowest BCUT2D eigenvalue weighted by atomic mass is 9.34. The maximum absolute atomic E-state index is 13.8. The molecule has 0 aromatic heterocycles. The second-order valence-electron chi connectivity index (χ2n) is 14.8. The number of ketones is 1. The van der Waals surface area contributed by atoms with Gasteiger partial charge in [-0.3, -0.25) is 9.59 Å². The first kappa shape index (κ1) is 30.9. The summed E-state index contributed by atoms with van der Waals surface area (Å²) in [5, 5.41) is 23.1. The van der Waals surface area contributed by atoms with Crippen molar-refractivity contribution in [3.8, 4) is 0 Å². The van der Waals surface area contributed by atoms with E-state index in [1.54, 1.807) is 12.2 Å². The quantitative estimate of drug-likeness (QED) is 0.215. The van der Waals surface area contributed by atoms with Crippen LogP contribution >= 0.6 is 11.8 Å². The van der Waals surface area contributed by atoms with Crippen LogP contribution < -0.4 is 5.32 Å². The van der Waals surface area contributed by atoms with Gasteiger partial charge in [-0.1, -0.05) is 58.4 Å². The third-order valence-electron chi connectivity index (χ3n) is 12.5. The van der Waals surface area contributed by atoms with Crippen molar-refractivity contribution in [1.82, 2.24) is 5.32 Å². The average Bonchev–Trinajstić information content (AvgIpc) is 2.94. The maximum atomic E-state index is 13.8. The molecule has 1 unspecified atom stereocenters. The van der Waals surface area contributed by atoms with Crippen LogP contribution in [0.5, 0.6) is 0 Å². The number of fused-ring (bicyclic) bond motifs is 7. The maximum Gasteiger partial charge on any atom is 0.327 e. The third-order valence-corrected chi connectivity index (χ3v) is 13.6. The van der Waals surface area contributed by atoms with Crippen LogP contribution in [0.1, 0.15) is 86.5 Å². The van der Waals surface area contributed by atoms with Gasteiger partial charge in [-0.2, -0.15) is 11.8 Å². The van der Waals surface area contributed by atoms with Gasteiger partial charge >= 0.3 is 5.97 Å². The number of amides is 1. The van der Waals surface area contributed by atoms with Gasteiger partial charge in [-0.15, -0.1) is 6.58 Å². The summed E-state index contributed by atoms with van der Waals surface area (Å²) in [6.07, 6.45) is 14.2. The topological polar surface area (TPSA) is 104 Å². The number of nitrogens with one attached hydrogen (secondary N) is 1. The molecule has 7 atom stereocenters. The van der Waals surface area contributed by atoms with Crippen molar-refractivity contribution in [1.29, 1.82) is 0 Å². The molecule has 0 aromatic rings. The highest BCUT2D eigenvalue weighted by Gasteiger charge is 2.67. The van der Waals surface area contributed by atoms with E-state index in [9.17, 15) is 24.6 Å². The largest absolute Gasteiger partial charge is 0.504 e. The number of hydrogen-bond acceptors (Lipinski definition) is 5. The van der Waals surface area contributed by atoms with E-state index in [1.807, 2.05) is 13.8 Å². The summed E-state index contributed by atoms with van der Waals surface area (Å²) in [6, 6.07) is -0.924. The Morgan fingerprint density at radius 3 is 2.45 bits per heavy atom. The summed E-state index contributed by atoms with van der Waals surface area (Å²) in [5.41, 5.74) is 2.97. The van der Waals surface area contributed by atoms with Crippen LogP contribution in [0.25, 0.3) is 0 Å². The summed E-state index contributed by atoms with van der Waals surface area (Å²) in [4.78, 5) is 38.6. The van der Waals surface area contributed by atoms with E-state index >= 15 is 0 Å². The first-order valence-corrected chi connectivity index (χ1v) is 16.5. The lowest BCUT2D eigenvalue weighted by molar-refractivity contribution is -0.170. The van der Waals surface area contributed by atoms with Crippen molar-refractivity contribution in [2.45, 2.75) is 92.5 Å². The van der Waals surface area contributed by atoms with E-state index in [4.69, 9.17) is 0 Å². The van der Waals surface area contributed by atoms with E-state index in [0.29, 0.717) is 17.1 Å². The van der Waals surface area contributed by atoms with Gasteiger partial charge in [0.2, 0.25) is 11.7 Å². The predicted octanol–water partition coefficient (Wildman–Crippen LogP) is 7.10. The van der Waals surface area contributed by atoms with Crippen LogP contribution in [-0.2, 0) is 14.4 Å². The molecule has 7 heteroatoms. The molecular weight excluding hydrogens is 546 g/mol. The van der Waals surface area contributed by atoms with Gasteiger partial charge in [0.05, 0.1) is 0 Å². The monoisotopic (exact) mass is 593 g/mol. The number of carboxylic acids is 1. The summed E-state index contributed by atoms with van der Waals surface area (Å²) < 4.78 is 0. The Bertz CT molecular complexity index is 1370. The second kappa shape index (κ2) is 10.3. The first-order valence-electron chi connectivity index (χ1n) is 15.4. The van der Waals surface area contributed by atoms with Gasteiger partial charge < -0.3 is 15.5 Å². The molecule has 3 fully saturated rings. The van der Waals surface area contributed by atoms with Crippen LogP contribution in [0, 0.1) is 33.0 Å². The summed E-state index contributed by atoms with van der Waals surface area (Å²) in [6.45, 7) is 17.1. The number of carbonyl (C=O) groups excluding carboxylic acids is 2. The molecule has 5 rings (SSSR count). The number of rotatable bonds is 7. The van der Waals surface area contributed by atoms with Crippen LogP contribution in [0.4, 0.5) is 0 Å². The Labute approximate surface area is 254 Å². The number of carboxylic acid groups (broad SMARTS) is 1. The lowest BCUT2D eigenvalue weighted by Crippen LogP contribution is -2.63. The fourth-order valence-electron chi connectivity index (χ4n) is 9.44. The van der Waals surface area contributed by atoms with Crippen molar-refractivity contribution in [2.75, 3.05) is 11.5 Å². The smallest absolute Gasteiger partial charge is 0.327 e. The van der Waals surface area contributed by atoms with E-state index in [2.05, 4.69) is 51.7 Å². The molecular formula is C35H47NO5S. The fraction of sp³-hybridized carbons (Fsp3) is 0.629. The Morgan fingerprint density at radius 2 is 1.79 bits per heavy atom. The molecule has 0 radical (unpaired) electrons. The summed E-state index contributed by atoms with van der Waals surface area (Å²) in [5.74, 6) is -0.378. The zero-order valence-corrected chi connectivity index (χ0v) is 26.9. The number of allylic oxidation sites excluding steroid dienone is 7. The Morgan fingerprint density at radius 1 is 1.10 bits per heavy atom. The highest BCUT2D eigenvalue weighted by atomic mass is 32.2. The van der Waals surface area contributed by atoms with Crippen molar-refractivity contribution in [3.63, 3.8) is 0 Å². The summed E-state index contributed by atoms with van der Waals surface area (Å²) >= 11 is 1.46. The molecule has 5 aliphatic rings. The number of aliphatic hydroxyl groups is 1. The molecule has 1 amide bonds. The second-order valence-corrected chi connectivity index (χ2v) is 15.9. The Hall–Kier alpha value is -2.54. The standard InChI is InChI=1S/C35H47NO5S/c1-8-17-42-20-24(29(39)40)36-30(41)32(4)12-11-31(3)13-15-34(6)26-10-9-22-21(2)28(38)25(37)18-23(22)33(26,5)14-16-35(34,7)27(31)19-32/h8-10,18,24,27,38H,1,11-17,19-20H2,2-7H3,(H,36,41)(H,39,40)/t24-,27?,31+,32+,33-,34+,35-/m0/s1. The van der Waals surface area contributed by atoms with Crippen molar-refractivity contribution >= 4 is 29.4 Å². The lowest BCUT2D eigenvalue weighted by Gasteiger charge is -2.70. The van der Waals surface area contributed by atoms with Crippen LogP contribution in [-0.4, -0.2) is 45.4 Å². The van der Waals surface area contributed by atoms with Crippen LogP contribution in [0.3, 0.4) is 0 Å². The molecule has 5 aliphatic carbocycles. The number of thioether (sulfide) groups is 1. The minimum atomic E-state index is -1.00. The van der Waals surface area contributed by atoms with Crippen molar-refractivity contribution < 1.29 is 24.6 Å². The van der Waals surface area contributed by atoms with Crippen molar-refractivity contribution in [2.24, 2.45) is 33.0 Å². The van der Waals surface area contributed by atoms with E-state index in [1.165, 1.54) is 17.3 Å².